The zero-order valence-electron chi connectivity index (χ0n) is 9.23. The number of carbonyl (C=O) groups is 1. The van der Waals surface area contributed by atoms with E-state index < -0.39 is 10.2 Å². The highest BCUT2D eigenvalue weighted by molar-refractivity contribution is 8.72. The van der Waals surface area contributed by atoms with Gasteiger partial charge in [-0.05, 0) is 13.3 Å². The summed E-state index contributed by atoms with van der Waals surface area (Å²) < 4.78 is 16.3. The maximum Gasteiger partial charge on any atom is 0.310 e. The highest BCUT2D eigenvalue weighted by Crippen LogP contribution is 2.38. The van der Waals surface area contributed by atoms with Gasteiger partial charge in [-0.1, -0.05) is 13.3 Å². The largest absolute Gasteiger partial charge is 0.605 e. The van der Waals surface area contributed by atoms with Crippen LogP contribution in [0.5, 0.6) is 0 Å². The van der Waals surface area contributed by atoms with E-state index in [1.165, 1.54) is 10.8 Å². The van der Waals surface area contributed by atoms with Crippen molar-refractivity contribution in [3.63, 3.8) is 0 Å². The molecule has 3 atom stereocenters. The van der Waals surface area contributed by atoms with E-state index in [4.69, 9.17) is 4.74 Å². The molecule has 0 aromatic carbocycles. The summed E-state index contributed by atoms with van der Waals surface area (Å²) in [5, 5.41) is 0.199. The molecule has 0 spiro atoms. The van der Waals surface area contributed by atoms with Crippen LogP contribution in [0, 0.1) is 5.92 Å². The summed E-state index contributed by atoms with van der Waals surface area (Å²) in [6.45, 7) is 4.31. The summed E-state index contributed by atoms with van der Waals surface area (Å²) in [5.41, 5.74) is 0. The molecule has 15 heavy (non-hydrogen) atoms. The van der Waals surface area contributed by atoms with Crippen LogP contribution in [0.4, 0.5) is 0 Å². The molecule has 0 radical (unpaired) electrons. The molecule has 0 aromatic heterocycles. The van der Waals surface area contributed by atoms with E-state index in [0.717, 1.165) is 25.0 Å². The van der Waals surface area contributed by atoms with Crippen molar-refractivity contribution < 1.29 is 14.1 Å². The quantitative estimate of drug-likeness (QED) is 0.426. The van der Waals surface area contributed by atoms with Crippen LogP contribution in [0.15, 0.2) is 0 Å². The van der Waals surface area contributed by atoms with Gasteiger partial charge in [-0.25, -0.2) is 0 Å². The fraction of sp³-hybridized carbons (Fsp3) is 0.900. The van der Waals surface area contributed by atoms with E-state index in [1.54, 1.807) is 0 Å². The Balaban J connectivity index is 2.52. The first-order valence-electron chi connectivity index (χ1n) is 5.41. The minimum Gasteiger partial charge on any atom is -0.605 e. The van der Waals surface area contributed by atoms with Crippen molar-refractivity contribution in [2.75, 3.05) is 12.4 Å². The fourth-order valence-electron chi connectivity index (χ4n) is 1.73. The third-order valence-electron chi connectivity index (χ3n) is 2.44. The molecule has 1 fully saturated rings. The van der Waals surface area contributed by atoms with Crippen molar-refractivity contribution in [3.8, 4) is 0 Å². The van der Waals surface area contributed by atoms with E-state index in [0.29, 0.717) is 6.61 Å². The van der Waals surface area contributed by atoms with Crippen molar-refractivity contribution >= 4 is 27.0 Å². The second-order valence-electron chi connectivity index (χ2n) is 3.58. The molecule has 1 rings (SSSR count). The molecular formula is C10H18O3S2. The lowest BCUT2D eigenvalue weighted by atomic mass is 9.98. The number of ether oxygens (including phenoxy) is 1. The molecule has 0 N–H and O–H groups in total. The maximum atomic E-state index is 11.7. The van der Waals surface area contributed by atoms with Crippen molar-refractivity contribution in [3.05, 3.63) is 0 Å². The standard InChI is InChI=1S/C10H18O3S2/c1-3-5-8(10(11)13-4-2)9-6-7-15(12)14-9/h8-9H,3-7H2,1-2H3. The lowest BCUT2D eigenvalue weighted by molar-refractivity contribution is -0.148. The first-order chi connectivity index (χ1) is 7.19. The summed E-state index contributed by atoms with van der Waals surface area (Å²) in [4.78, 5) is 11.7. The molecule has 0 saturated carbocycles. The zero-order valence-corrected chi connectivity index (χ0v) is 10.9. The molecule has 0 amide bonds. The van der Waals surface area contributed by atoms with E-state index in [2.05, 4.69) is 6.92 Å². The summed E-state index contributed by atoms with van der Waals surface area (Å²) in [6.07, 6.45) is 2.68. The predicted molar refractivity (Wildman–Crippen MR) is 64.0 cm³/mol. The summed E-state index contributed by atoms with van der Waals surface area (Å²) in [6, 6.07) is 0. The predicted octanol–water partition coefficient (Wildman–Crippen LogP) is 2.13. The molecule has 88 valence electrons. The van der Waals surface area contributed by atoms with Gasteiger partial charge in [0.1, 0.15) is 5.75 Å². The summed E-state index contributed by atoms with van der Waals surface area (Å²) in [5.74, 6) is 0.539. The molecule has 1 heterocycles. The first-order valence-corrected chi connectivity index (χ1v) is 8.12. The number of rotatable bonds is 5. The smallest absolute Gasteiger partial charge is 0.310 e. The van der Waals surface area contributed by atoms with Gasteiger partial charge >= 0.3 is 5.97 Å². The van der Waals surface area contributed by atoms with Crippen molar-refractivity contribution in [1.82, 2.24) is 0 Å². The van der Waals surface area contributed by atoms with Gasteiger partial charge in [0.15, 0.2) is 0 Å². The van der Waals surface area contributed by atoms with Crippen LogP contribution in [0.25, 0.3) is 0 Å². The molecule has 0 aliphatic carbocycles. The van der Waals surface area contributed by atoms with Crippen LogP contribution < -0.4 is 0 Å². The second kappa shape index (κ2) is 6.66. The van der Waals surface area contributed by atoms with Gasteiger partial charge in [-0.15, -0.1) is 0 Å². The Kier molecular flexibility index (Phi) is 5.86. The Bertz CT molecular complexity index is 211. The van der Waals surface area contributed by atoms with Crippen molar-refractivity contribution in [2.24, 2.45) is 5.92 Å². The van der Waals surface area contributed by atoms with Crippen molar-refractivity contribution in [1.29, 1.82) is 0 Å². The van der Waals surface area contributed by atoms with Crippen molar-refractivity contribution in [2.45, 2.75) is 38.4 Å². The van der Waals surface area contributed by atoms with Gasteiger partial charge in [0.2, 0.25) is 0 Å². The topological polar surface area (TPSA) is 49.4 Å². The lowest BCUT2D eigenvalue weighted by Gasteiger charge is -2.17. The Labute approximate surface area is 97.9 Å². The van der Waals surface area contributed by atoms with Crippen LogP contribution >= 0.6 is 10.8 Å². The minimum atomic E-state index is -0.789. The molecule has 3 nitrogen and oxygen atoms in total. The molecule has 1 aliphatic heterocycles. The van der Waals surface area contributed by atoms with Gasteiger partial charge in [0, 0.05) is 16.6 Å². The van der Waals surface area contributed by atoms with E-state index in [9.17, 15) is 9.35 Å². The molecule has 5 heteroatoms. The summed E-state index contributed by atoms with van der Waals surface area (Å²) in [7, 11) is 0.650. The third kappa shape index (κ3) is 3.89. The Morgan fingerprint density at radius 2 is 2.40 bits per heavy atom. The maximum absolute atomic E-state index is 11.7. The molecule has 3 unspecified atom stereocenters. The zero-order chi connectivity index (χ0) is 11.3. The SMILES string of the molecule is CCCC(C(=O)OCC)C1CC[S+]([O-])S1. The molecule has 0 aromatic rings. The van der Waals surface area contributed by atoms with Crippen LogP contribution in [0.2, 0.25) is 0 Å². The van der Waals surface area contributed by atoms with Gasteiger partial charge in [-0.2, -0.15) is 0 Å². The molecule has 1 aliphatic rings. The van der Waals surface area contributed by atoms with Gasteiger partial charge in [-0.3, -0.25) is 4.79 Å². The fourth-order valence-corrected chi connectivity index (χ4v) is 5.39. The monoisotopic (exact) mass is 250 g/mol. The Hall–Kier alpha value is 0.130. The van der Waals surface area contributed by atoms with E-state index in [-0.39, 0.29) is 17.1 Å². The van der Waals surface area contributed by atoms with Gasteiger partial charge in [0.05, 0.1) is 28.6 Å². The minimum absolute atomic E-state index is 0.0635. The van der Waals surface area contributed by atoms with E-state index >= 15 is 0 Å². The molecular weight excluding hydrogens is 232 g/mol. The lowest BCUT2D eigenvalue weighted by Crippen LogP contribution is -2.26. The van der Waals surface area contributed by atoms with Crippen LogP contribution in [0.1, 0.15) is 33.1 Å². The second-order valence-corrected chi connectivity index (χ2v) is 7.08. The number of hydrogen-bond acceptors (Lipinski definition) is 4. The third-order valence-corrected chi connectivity index (χ3v) is 5.92. The van der Waals surface area contributed by atoms with E-state index in [1.807, 2.05) is 6.92 Å². The molecule has 0 bridgehead atoms. The first kappa shape index (κ1) is 13.2. The number of hydrogen-bond donors (Lipinski definition) is 0. The average Bonchev–Trinajstić information content (AvgIpc) is 2.61. The number of esters is 1. The highest BCUT2D eigenvalue weighted by Gasteiger charge is 2.38. The van der Waals surface area contributed by atoms with Crippen LogP contribution in [0.3, 0.4) is 0 Å². The highest BCUT2D eigenvalue weighted by atomic mass is 33.1. The van der Waals surface area contributed by atoms with Gasteiger partial charge in [0.25, 0.3) is 0 Å². The van der Waals surface area contributed by atoms with Gasteiger partial charge < -0.3 is 9.29 Å². The number of carbonyl (C=O) groups excluding carboxylic acids is 1. The van der Waals surface area contributed by atoms with Crippen LogP contribution in [-0.4, -0.2) is 28.1 Å². The normalized spacial score (nSPS) is 27.7. The van der Waals surface area contributed by atoms with Crippen LogP contribution in [-0.2, 0) is 19.7 Å². The average molecular weight is 250 g/mol. The molecule has 1 saturated heterocycles. The summed E-state index contributed by atoms with van der Waals surface area (Å²) >= 11 is 0. The Morgan fingerprint density at radius 1 is 1.67 bits per heavy atom. The Morgan fingerprint density at radius 3 is 2.87 bits per heavy atom.